The van der Waals surface area contributed by atoms with E-state index in [2.05, 4.69) is 54.4 Å². The lowest BCUT2D eigenvalue weighted by molar-refractivity contribution is -0.0289. The Morgan fingerprint density at radius 2 is 2.08 bits per heavy atom. The van der Waals surface area contributed by atoms with Crippen LogP contribution >= 0.6 is 12.2 Å². The van der Waals surface area contributed by atoms with Gasteiger partial charge in [-0.15, -0.1) is 0 Å². The van der Waals surface area contributed by atoms with Crippen LogP contribution in [-0.4, -0.2) is 41.4 Å². The van der Waals surface area contributed by atoms with Crippen LogP contribution in [0.2, 0.25) is 0 Å². The highest BCUT2D eigenvalue weighted by molar-refractivity contribution is 7.80. The van der Waals surface area contributed by atoms with E-state index in [0.29, 0.717) is 12.7 Å². The average Bonchev–Trinajstić information content (AvgIpc) is 3.10. The molecule has 1 aromatic carbocycles. The average molecular weight is 359 g/mol. The maximum atomic E-state index is 6.02. The van der Waals surface area contributed by atoms with Crippen molar-refractivity contribution in [2.24, 2.45) is 0 Å². The molecule has 3 aliphatic rings. The van der Waals surface area contributed by atoms with Gasteiger partial charge in [0.1, 0.15) is 11.2 Å². The van der Waals surface area contributed by atoms with Crippen molar-refractivity contribution >= 4 is 17.2 Å². The third-order valence-corrected chi connectivity index (χ3v) is 5.65. The van der Waals surface area contributed by atoms with Crippen molar-refractivity contribution in [3.63, 3.8) is 0 Å². The first-order valence-electron chi connectivity index (χ1n) is 9.13. The van der Waals surface area contributed by atoms with Gasteiger partial charge in [0.25, 0.3) is 0 Å². The van der Waals surface area contributed by atoms with Crippen molar-refractivity contribution in [2.45, 2.75) is 51.0 Å². The lowest BCUT2D eigenvalue weighted by atomic mass is 9.92. The van der Waals surface area contributed by atoms with Gasteiger partial charge in [-0.3, -0.25) is 0 Å². The van der Waals surface area contributed by atoms with Crippen LogP contribution in [0.15, 0.2) is 41.6 Å². The molecule has 2 atom stereocenters. The lowest BCUT2D eigenvalue weighted by Gasteiger charge is -2.47. The van der Waals surface area contributed by atoms with Crippen molar-refractivity contribution in [1.29, 1.82) is 0 Å². The molecule has 134 valence electrons. The molecule has 1 fully saturated rings. The SMILES string of the molecule is CC1(C)CC2=C(CO1)C(=S)N[C@@H](c1ccccc1)N2C[C@H]1CCCO1. The summed E-state index contributed by atoms with van der Waals surface area (Å²) >= 11 is 5.68. The number of rotatable bonds is 3. The number of thiocarbonyl (C=S) groups is 1. The van der Waals surface area contributed by atoms with E-state index in [1.807, 2.05) is 0 Å². The van der Waals surface area contributed by atoms with E-state index >= 15 is 0 Å². The first kappa shape index (κ1) is 17.0. The topological polar surface area (TPSA) is 33.7 Å². The van der Waals surface area contributed by atoms with Gasteiger partial charge in [0, 0.05) is 30.8 Å². The van der Waals surface area contributed by atoms with E-state index in [1.54, 1.807) is 0 Å². The summed E-state index contributed by atoms with van der Waals surface area (Å²) in [5.74, 6) is 0. The van der Waals surface area contributed by atoms with Crippen LogP contribution in [0.4, 0.5) is 0 Å². The first-order valence-corrected chi connectivity index (χ1v) is 9.54. The molecule has 0 aliphatic carbocycles. The van der Waals surface area contributed by atoms with Gasteiger partial charge in [0.15, 0.2) is 0 Å². The molecule has 0 radical (unpaired) electrons. The monoisotopic (exact) mass is 358 g/mol. The number of hydrogen-bond acceptors (Lipinski definition) is 4. The van der Waals surface area contributed by atoms with Crippen molar-refractivity contribution < 1.29 is 9.47 Å². The molecule has 3 aliphatic heterocycles. The van der Waals surface area contributed by atoms with Gasteiger partial charge in [-0.1, -0.05) is 42.5 Å². The van der Waals surface area contributed by atoms with Gasteiger partial charge in [0.2, 0.25) is 0 Å². The summed E-state index contributed by atoms with van der Waals surface area (Å²) in [5, 5.41) is 3.55. The van der Waals surface area contributed by atoms with Crippen LogP contribution in [0.3, 0.4) is 0 Å². The molecule has 1 saturated heterocycles. The molecule has 0 aromatic heterocycles. The minimum Gasteiger partial charge on any atom is -0.376 e. The van der Waals surface area contributed by atoms with E-state index in [0.717, 1.165) is 43.0 Å². The smallest absolute Gasteiger partial charge is 0.126 e. The molecule has 5 heteroatoms. The molecule has 3 heterocycles. The van der Waals surface area contributed by atoms with Gasteiger partial charge < -0.3 is 19.7 Å². The second kappa shape index (κ2) is 6.71. The summed E-state index contributed by atoms with van der Waals surface area (Å²) in [6.07, 6.45) is 3.51. The van der Waals surface area contributed by atoms with Gasteiger partial charge in [0.05, 0.1) is 18.3 Å². The van der Waals surface area contributed by atoms with Crippen LogP contribution < -0.4 is 5.32 Å². The van der Waals surface area contributed by atoms with E-state index < -0.39 is 0 Å². The van der Waals surface area contributed by atoms with E-state index in [4.69, 9.17) is 21.7 Å². The number of benzene rings is 1. The van der Waals surface area contributed by atoms with E-state index in [1.165, 1.54) is 11.3 Å². The quantitative estimate of drug-likeness (QED) is 0.836. The molecule has 4 rings (SSSR count). The highest BCUT2D eigenvalue weighted by Gasteiger charge is 2.39. The summed E-state index contributed by atoms with van der Waals surface area (Å²) in [6.45, 7) is 6.66. The molecule has 0 amide bonds. The molecule has 0 saturated carbocycles. The molecule has 0 bridgehead atoms. The third-order valence-electron chi connectivity index (χ3n) is 5.29. The third kappa shape index (κ3) is 3.46. The van der Waals surface area contributed by atoms with Gasteiger partial charge >= 0.3 is 0 Å². The molecule has 0 spiro atoms. The number of hydrogen-bond donors (Lipinski definition) is 1. The maximum absolute atomic E-state index is 6.02. The number of nitrogens with one attached hydrogen (secondary N) is 1. The van der Waals surface area contributed by atoms with Crippen LogP contribution in [0.5, 0.6) is 0 Å². The predicted molar refractivity (Wildman–Crippen MR) is 102 cm³/mol. The Morgan fingerprint density at radius 1 is 1.28 bits per heavy atom. The Kier molecular flexibility index (Phi) is 4.56. The molecular weight excluding hydrogens is 332 g/mol. The fourth-order valence-corrected chi connectivity index (χ4v) is 4.24. The highest BCUT2D eigenvalue weighted by atomic mass is 32.1. The van der Waals surface area contributed by atoms with Crippen LogP contribution in [0, 0.1) is 0 Å². The summed E-state index contributed by atoms with van der Waals surface area (Å²) in [4.78, 5) is 3.30. The zero-order chi connectivity index (χ0) is 17.4. The Bertz CT molecular complexity index is 680. The summed E-state index contributed by atoms with van der Waals surface area (Å²) in [7, 11) is 0. The Balaban J connectivity index is 1.72. The normalized spacial score (nSPS) is 28.7. The second-order valence-electron chi connectivity index (χ2n) is 7.72. The minimum atomic E-state index is -0.165. The lowest BCUT2D eigenvalue weighted by Crippen LogP contribution is -2.52. The largest absolute Gasteiger partial charge is 0.376 e. The van der Waals surface area contributed by atoms with E-state index in [-0.39, 0.29) is 11.8 Å². The molecule has 1 aromatic rings. The predicted octanol–water partition coefficient (Wildman–Crippen LogP) is 3.55. The number of nitrogens with zero attached hydrogens (tertiary/aromatic N) is 1. The summed E-state index contributed by atoms with van der Waals surface area (Å²) in [6, 6.07) is 10.6. The van der Waals surface area contributed by atoms with E-state index in [9.17, 15) is 0 Å². The Labute approximate surface area is 155 Å². The van der Waals surface area contributed by atoms with Crippen LogP contribution in [-0.2, 0) is 9.47 Å². The fraction of sp³-hybridized carbons (Fsp3) is 0.550. The van der Waals surface area contributed by atoms with Crippen molar-refractivity contribution in [3.05, 3.63) is 47.2 Å². The molecule has 0 unspecified atom stereocenters. The zero-order valence-corrected chi connectivity index (χ0v) is 15.8. The van der Waals surface area contributed by atoms with Crippen LogP contribution in [0.1, 0.15) is 44.8 Å². The zero-order valence-electron chi connectivity index (χ0n) is 15.0. The molecular formula is C20H26N2O2S. The second-order valence-corrected chi connectivity index (χ2v) is 8.13. The number of ether oxygens (including phenoxy) is 2. The van der Waals surface area contributed by atoms with Gasteiger partial charge in [-0.2, -0.15) is 0 Å². The first-order chi connectivity index (χ1) is 12.0. The minimum absolute atomic E-state index is 0.0607. The Hall–Kier alpha value is -1.43. The van der Waals surface area contributed by atoms with Gasteiger partial charge in [-0.05, 0) is 32.3 Å². The van der Waals surface area contributed by atoms with Crippen molar-refractivity contribution in [2.75, 3.05) is 19.8 Å². The van der Waals surface area contributed by atoms with Crippen molar-refractivity contribution in [1.82, 2.24) is 10.2 Å². The molecule has 4 nitrogen and oxygen atoms in total. The van der Waals surface area contributed by atoms with Crippen molar-refractivity contribution in [3.8, 4) is 0 Å². The van der Waals surface area contributed by atoms with Gasteiger partial charge in [-0.25, -0.2) is 0 Å². The standard InChI is InChI=1S/C20H26N2O2S/c1-20(2)11-17-16(13-24-20)19(25)21-18(14-7-4-3-5-8-14)22(17)12-15-9-6-10-23-15/h3-5,7-8,15,18H,6,9-13H2,1-2H3,(H,21,25)/t15-,18-/m1/s1. The fourth-order valence-electron chi connectivity index (χ4n) is 3.95. The molecule has 1 N–H and O–H groups in total. The highest BCUT2D eigenvalue weighted by Crippen LogP contribution is 2.38. The summed E-state index contributed by atoms with van der Waals surface area (Å²) in [5.41, 5.74) is 3.53. The summed E-state index contributed by atoms with van der Waals surface area (Å²) < 4.78 is 12.0. The maximum Gasteiger partial charge on any atom is 0.126 e. The molecule has 25 heavy (non-hydrogen) atoms. The Morgan fingerprint density at radius 3 is 2.80 bits per heavy atom. The van der Waals surface area contributed by atoms with Crippen LogP contribution in [0.25, 0.3) is 0 Å².